The van der Waals surface area contributed by atoms with Crippen LogP contribution < -0.4 is 10.6 Å². The van der Waals surface area contributed by atoms with Gasteiger partial charge in [0.05, 0.1) is 4.92 Å². The molecule has 0 bridgehead atoms. The van der Waals surface area contributed by atoms with Crippen LogP contribution in [0.3, 0.4) is 0 Å². The predicted molar refractivity (Wildman–Crippen MR) is 72.6 cm³/mol. The molecule has 1 aromatic carbocycles. The van der Waals surface area contributed by atoms with E-state index in [0.717, 1.165) is 0 Å². The standard InChI is InChI=1S/C11H13N3O3S/c1-8(15)6-7-12-11(18)13-9-2-4-10(5-3-9)14(16)17/h2-5H,6-7H2,1H3,(H2,12,13,18). The van der Waals surface area contributed by atoms with Gasteiger partial charge in [0, 0.05) is 30.8 Å². The van der Waals surface area contributed by atoms with E-state index in [-0.39, 0.29) is 11.5 Å². The van der Waals surface area contributed by atoms with Crippen molar-refractivity contribution in [3.05, 3.63) is 34.4 Å². The summed E-state index contributed by atoms with van der Waals surface area (Å²) in [5, 5.41) is 16.6. The molecule has 96 valence electrons. The van der Waals surface area contributed by atoms with Crippen molar-refractivity contribution < 1.29 is 9.72 Å². The van der Waals surface area contributed by atoms with Crippen molar-refractivity contribution in [2.24, 2.45) is 0 Å². The van der Waals surface area contributed by atoms with Crippen LogP contribution in [0.15, 0.2) is 24.3 Å². The molecule has 0 saturated carbocycles. The molecule has 0 amide bonds. The molecule has 0 aliphatic rings. The number of hydrogen-bond acceptors (Lipinski definition) is 4. The van der Waals surface area contributed by atoms with Crippen molar-refractivity contribution in [3.63, 3.8) is 0 Å². The number of ketones is 1. The van der Waals surface area contributed by atoms with Gasteiger partial charge in [-0.1, -0.05) is 0 Å². The summed E-state index contributed by atoms with van der Waals surface area (Å²) in [6.45, 7) is 1.97. The van der Waals surface area contributed by atoms with Crippen LogP contribution in [-0.2, 0) is 4.79 Å². The first-order valence-electron chi connectivity index (χ1n) is 5.28. The summed E-state index contributed by atoms with van der Waals surface area (Å²) >= 11 is 5.01. The molecule has 6 nitrogen and oxygen atoms in total. The molecule has 18 heavy (non-hydrogen) atoms. The number of benzene rings is 1. The van der Waals surface area contributed by atoms with Crippen LogP contribution in [0.4, 0.5) is 11.4 Å². The fourth-order valence-corrected chi connectivity index (χ4v) is 1.41. The highest BCUT2D eigenvalue weighted by Crippen LogP contribution is 2.15. The van der Waals surface area contributed by atoms with Crippen molar-refractivity contribution in [2.75, 3.05) is 11.9 Å². The fourth-order valence-electron chi connectivity index (χ4n) is 1.19. The van der Waals surface area contributed by atoms with E-state index >= 15 is 0 Å². The van der Waals surface area contributed by atoms with Crippen LogP contribution in [0.25, 0.3) is 0 Å². The summed E-state index contributed by atoms with van der Waals surface area (Å²) in [7, 11) is 0. The van der Waals surface area contributed by atoms with Gasteiger partial charge in [-0.3, -0.25) is 14.9 Å². The Morgan fingerprint density at radius 3 is 2.50 bits per heavy atom. The number of anilines is 1. The third-order valence-electron chi connectivity index (χ3n) is 2.10. The van der Waals surface area contributed by atoms with Crippen LogP contribution in [0.5, 0.6) is 0 Å². The van der Waals surface area contributed by atoms with E-state index in [0.29, 0.717) is 23.8 Å². The van der Waals surface area contributed by atoms with Gasteiger partial charge >= 0.3 is 0 Å². The normalized spacial score (nSPS) is 9.61. The lowest BCUT2D eigenvalue weighted by molar-refractivity contribution is -0.384. The zero-order valence-corrected chi connectivity index (χ0v) is 10.6. The Morgan fingerprint density at radius 1 is 1.39 bits per heavy atom. The number of non-ortho nitro benzene ring substituents is 1. The van der Waals surface area contributed by atoms with Crippen molar-refractivity contribution in [3.8, 4) is 0 Å². The lowest BCUT2D eigenvalue weighted by atomic mass is 10.3. The van der Waals surface area contributed by atoms with Gasteiger partial charge in [-0.15, -0.1) is 0 Å². The molecule has 7 heteroatoms. The first kappa shape index (κ1) is 14.0. The number of hydrogen-bond donors (Lipinski definition) is 2. The van der Waals surface area contributed by atoms with E-state index in [1.807, 2.05) is 0 Å². The molecule has 1 aromatic rings. The second-order valence-corrected chi connectivity index (χ2v) is 4.05. The van der Waals surface area contributed by atoms with E-state index < -0.39 is 4.92 Å². The van der Waals surface area contributed by atoms with Crippen molar-refractivity contribution in [1.29, 1.82) is 0 Å². The van der Waals surface area contributed by atoms with Crippen LogP contribution >= 0.6 is 12.2 Å². The minimum Gasteiger partial charge on any atom is -0.362 e. The Kier molecular flexibility index (Phi) is 5.19. The SMILES string of the molecule is CC(=O)CCNC(=S)Nc1ccc([N+](=O)[O-])cc1. The Bertz CT molecular complexity index is 459. The van der Waals surface area contributed by atoms with E-state index in [1.54, 1.807) is 12.1 Å². The van der Waals surface area contributed by atoms with Gasteiger partial charge in [0.1, 0.15) is 5.78 Å². The van der Waals surface area contributed by atoms with E-state index in [9.17, 15) is 14.9 Å². The summed E-state index contributed by atoms with van der Waals surface area (Å²) in [5.41, 5.74) is 0.678. The summed E-state index contributed by atoms with van der Waals surface area (Å²) < 4.78 is 0. The predicted octanol–water partition coefficient (Wildman–Crippen LogP) is 1.86. The molecule has 0 saturated heterocycles. The van der Waals surface area contributed by atoms with Crippen LogP contribution in [0.1, 0.15) is 13.3 Å². The maximum atomic E-state index is 10.7. The molecule has 0 aliphatic heterocycles. The highest BCUT2D eigenvalue weighted by Gasteiger charge is 2.04. The molecule has 0 fully saturated rings. The number of nitrogens with one attached hydrogen (secondary N) is 2. The summed E-state index contributed by atoms with van der Waals surface area (Å²) in [4.78, 5) is 20.7. The van der Waals surface area contributed by atoms with Gasteiger partial charge in [-0.2, -0.15) is 0 Å². The highest BCUT2D eigenvalue weighted by atomic mass is 32.1. The van der Waals surface area contributed by atoms with Crippen molar-refractivity contribution in [1.82, 2.24) is 5.32 Å². The minimum absolute atomic E-state index is 0.0241. The molecule has 0 radical (unpaired) electrons. The number of Topliss-reactive ketones (excluding diaryl/α,β-unsaturated/α-hetero) is 1. The van der Waals surface area contributed by atoms with Gasteiger partial charge in [0.25, 0.3) is 5.69 Å². The largest absolute Gasteiger partial charge is 0.362 e. The molecule has 0 unspecified atom stereocenters. The van der Waals surface area contributed by atoms with Gasteiger partial charge < -0.3 is 10.6 Å². The Hall–Kier alpha value is -2.02. The van der Waals surface area contributed by atoms with Crippen molar-refractivity contribution >= 4 is 34.5 Å². The van der Waals surface area contributed by atoms with Gasteiger partial charge in [-0.05, 0) is 31.3 Å². The quantitative estimate of drug-likeness (QED) is 0.481. The summed E-state index contributed by atoms with van der Waals surface area (Å²) in [6, 6.07) is 5.91. The molecule has 1 rings (SSSR count). The first-order valence-corrected chi connectivity index (χ1v) is 5.68. The molecule has 0 aromatic heterocycles. The summed E-state index contributed by atoms with van der Waals surface area (Å²) in [5.74, 6) is 0.0839. The molecule has 2 N–H and O–H groups in total. The second-order valence-electron chi connectivity index (χ2n) is 3.64. The lowest BCUT2D eigenvalue weighted by Gasteiger charge is -2.09. The first-order chi connectivity index (χ1) is 8.49. The molecule has 0 spiro atoms. The van der Waals surface area contributed by atoms with E-state index in [1.165, 1.54) is 19.1 Å². The summed E-state index contributed by atoms with van der Waals surface area (Å²) in [6.07, 6.45) is 0.405. The number of nitro groups is 1. The fraction of sp³-hybridized carbons (Fsp3) is 0.273. The van der Waals surface area contributed by atoms with E-state index in [4.69, 9.17) is 12.2 Å². The Morgan fingerprint density at radius 2 is 2.00 bits per heavy atom. The Balaban J connectivity index is 2.44. The smallest absolute Gasteiger partial charge is 0.269 e. The van der Waals surface area contributed by atoms with Gasteiger partial charge in [0.2, 0.25) is 0 Å². The molecule has 0 aliphatic carbocycles. The maximum Gasteiger partial charge on any atom is 0.269 e. The average Bonchev–Trinajstić information content (AvgIpc) is 2.29. The monoisotopic (exact) mass is 267 g/mol. The zero-order valence-electron chi connectivity index (χ0n) is 9.80. The molecule has 0 heterocycles. The molecular weight excluding hydrogens is 254 g/mol. The maximum absolute atomic E-state index is 10.7. The van der Waals surface area contributed by atoms with Crippen molar-refractivity contribution in [2.45, 2.75) is 13.3 Å². The van der Waals surface area contributed by atoms with Gasteiger partial charge in [-0.25, -0.2) is 0 Å². The minimum atomic E-state index is -0.465. The van der Waals surface area contributed by atoms with Crippen LogP contribution in [-0.4, -0.2) is 22.4 Å². The number of nitrogens with zero attached hydrogens (tertiary/aromatic N) is 1. The average molecular weight is 267 g/mol. The number of carbonyl (C=O) groups is 1. The third-order valence-corrected chi connectivity index (χ3v) is 2.35. The van der Waals surface area contributed by atoms with E-state index in [2.05, 4.69) is 10.6 Å². The van der Waals surface area contributed by atoms with Crippen LogP contribution in [0, 0.1) is 10.1 Å². The number of nitro benzene ring substituents is 1. The molecular formula is C11H13N3O3S. The molecule has 0 atom stereocenters. The number of thiocarbonyl (C=S) groups is 1. The number of carbonyl (C=O) groups excluding carboxylic acids is 1. The lowest BCUT2D eigenvalue weighted by Crippen LogP contribution is -2.30. The Labute approximate surface area is 110 Å². The topological polar surface area (TPSA) is 84.3 Å². The zero-order chi connectivity index (χ0) is 13.5. The number of rotatable bonds is 5. The van der Waals surface area contributed by atoms with Gasteiger partial charge in [0.15, 0.2) is 5.11 Å². The highest BCUT2D eigenvalue weighted by molar-refractivity contribution is 7.80. The third kappa shape index (κ3) is 4.88. The second kappa shape index (κ2) is 6.65. The van der Waals surface area contributed by atoms with Crippen LogP contribution in [0.2, 0.25) is 0 Å².